The fourth-order valence-electron chi connectivity index (χ4n) is 5.42. The molecule has 1 aromatic rings. The summed E-state index contributed by atoms with van der Waals surface area (Å²) in [5.41, 5.74) is -2.06. The SMILES string of the molecule is CC(=O)N[C@H]1[C@H]([C@H](O)[C@H](O)CO)O[C@](C(=O)O)(n2cc(CCCCC(=O)NCC[C@H]3O[C@H](CO)[C@H](O)[C@H](O)[C@H]3O)nn2)C[C@@H]1O. The first-order valence-electron chi connectivity index (χ1n) is 14.6. The number of carboxylic acid groups (broad SMARTS) is 1. The van der Waals surface area contributed by atoms with Crippen molar-refractivity contribution < 1.29 is 69.8 Å². The molecule has 0 radical (unpaired) electrons. The van der Waals surface area contributed by atoms with E-state index in [1.165, 1.54) is 6.20 Å². The third-order valence-electron chi connectivity index (χ3n) is 7.95. The van der Waals surface area contributed by atoms with Gasteiger partial charge >= 0.3 is 5.97 Å². The fourth-order valence-corrected chi connectivity index (χ4v) is 5.42. The first-order chi connectivity index (χ1) is 21.2. The van der Waals surface area contributed by atoms with Gasteiger partial charge in [-0.1, -0.05) is 5.21 Å². The Labute approximate surface area is 257 Å². The summed E-state index contributed by atoms with van der Waals surface area (Å²) in [4.78, 5) is 36.4. The Morgan fingerprint density at radius 3 is 2.40 bits per heavy atom. The van der Waals surface area contributed by atoms with E-state index in [1.807, 2.05) is 0 Å². The molecule has 256 valence electrons. The molecular weight excluding hydrogens is 606 g/mol. The maximum absolute atomic E-state index is 12.5. The molecule has 2 aliphatic heterocycles. The minimum atomic E-state index is -2.39. The molecule has 2 saturated heterocycles. The number of aliphatic hydroxyl groups excluding tert-OH is 8. The van der Waals surface area contributed by atoms with Crippen LogP contribution in [0.5, 0.6) is 0 Å². The van der Waals surface area contributed by atoms with Crippen LogP contribution in [0.4, 0.5) is 0 Å². The van der Waals surface area contributed by atoms with Crippen molar-refractivity contribution in [3.63, 3.8) is 0 Å². The fraction of sp³-hybridized carbons (Fsp3) is 0.808. The molecule has 1 aromatic heterocycles. The number of carbonyl (C=O) groups is 3. The Hall–Kier alpha value is -2.85. The van der Waals surface area contributed by atoms with Crippen molar-refractivity contribution in [2.75, 3.05) is 19.8 Å². The van der Waals surface area contributed by atoms with Crippen molar-refractivity contribution in [2.45, 2.75) is 112 Å². The van der Waals surface area contributed by atoms with Gasteiger partial charge < -0.3 is 66.1 Å². The molecule has 11 N–H and O–H groups in total. The Balaban J connectivity index is 1.54. The van der Waals surface area contributed by atoms with Gasteiger partial charge in [-0.2, -0.15) is 0 Å². The van der Waals surface area contributed by atoms with Gasteiger partial charge in [0.25, 0.3) is 5.72 Å². The van der Waals surface area contributed by atoms with Gasteiger partial charge in [-0.05, 0) is 25.7 Å². The molecule has 0 unspecified atom stereocenters. The molecule has 0 bridgehead atoms. The van der Waals surface area contributed by atoms with Gasteiger partial charge in [0.15, 0.2) is 0 Å². The largest absolute Gasteiger partial charge is 0.478 e. The van der Waals surface area contributed by atoms with Gasteiger partial charge in [0.2, 0.25) is 11.8 Å². The van der Waals surface area contributed by atoms with Crippen molar-refractivity contribution in [3.05, 3.63) is 11.9 Å². The van der Waals surface area contributed by atoms with E-state index in [-0.39, 0.29) is 31.7 Å². The highest BCUT2D eigenvalue weighted by molar-refractivity contribution is 5.76. The number of aromatic nitrogens is 3. The molecule has 19 nitrogen and oxygen atoms in total. The third-order valence-corrected chi connectivity index (χ3v) is 7.95. The summed E-state index contributed by atoms with van der Waals surface area (Å²) in [6, 6.07) is -1.32. The Bertz CT molecular complexity index is 1140. The lowest BCUT2D eigenvalue weighted by molar-refractivity contribution is -0.258. The molecule has 45 heavy (non-hydrogen) atoms. The smallest absolute Gasteiger partial charge is 0.359 e. The second-order valence-corrected chi connectivity index (χ2v) is 11.3. The molecule has 0 saturated carbocycles. The Morgan fingerprint density at radius 1 is 1.09 bits per heavy atom. The number of carboxylic acids is 1. The van der Waals surface area contributed by atoms with Gasteiger partial charge in [0.05, 0.1) is 43.4 Å². The second kappa shape index (κ2) is 16.1. The van der Waals surface area contributed by atoms with Crippen LogP contribution < -0.4 is 10.6 Å². The Kier molecular flexibility index (Phi) is 13.1. The number of amides is 2. The van der Waals surface area contributed by atoms with Crippen LogP contribution in [0.1, 0.15) is 44.7 Å². The number of rotatable bonds is 15. The van der Waals surface area contributed by atoms with Gasteiger partial charge in [-0.25, -0.2) is 9.48 Å². The quantitative estimate of drug-likeness (QED) is 0.0789. The van der Waals surface area contributed by atoms with E-state index >= 15 is 0 Å². The highest BCUT2D eigenvalue weighted by atomic mass is 16.6. The van der Waals surface area contributed by atoms with Crippen LogP contribution in [-0.4, -0.2) is 159 Å². The monoisotopic (exact) mass is 649 g/mol. The lowest BCUT2D eigenvalue weighted by atomic mass is 9.87. The number of aliphatic carboxylic acids is 1. The van der Waals surface area contributed by atoms with Gasteiger partial charge in [-0.15, -0.1) is 5.10 Å². The number of carbonyl (C=O) groups excluding carboxylic acids is 2. The van der Waals surface area contributed by atoms with Crippen molar-refractivity contribution in [1.29, 1.82) is 0 Å². The van der Waals surface area contributed by atoms with Crippen LogP contribution in [0, 0.1) is 0 Å². The van der Waals surface area contributed by atoms with Gasteiger partial charge in [0.1, 0.15) is 42.7 Å². The maximum atomic E-state index is 12.5. The van der Waals surface area contributed by atoms with Crippen LogP contribution >= 0.6 is 0 Å². The van der Waals surface area contributed by atoms with Crippen molar-refractivity contribution in [3.8, 4) is 0 Å². The lowest BCUT2D eigenvalue weighted by Gasteiger charge is -2.46. The number of nitrogens with one attached hydrogen (secondary N) is 2. The average molecular weight is 650 g/mol. The lowest BCUT2D eigenvalue weighted by Crippen LogP contribution is -2.67. The molecule has 0 aromatic carbocycles. The number of hydrogen-bond donors (Lipinski definition) is 11. The first-order valence-corrected chi connectivity index (χ1v) is 14.6. The summed E-state index contributed by atoms with van der Waals surface area (Å²) in [5.74, 6) is -2.52. The number of unbranched alkanes of at least 4 members (excludes halogenated alkanes) is 1. The predicted molar refractivity (Wildman–Crippen MR) is 147 cm³/mol. The standard InChI is InChI=1S/C26H43N5O14/c1-12(34)28-19-14(35)8-26(25(42)43,45-24(19)20(38)15(36)10-32)31-9-13(29-30-31)4-2-3-5-18(37)27-7-6-16-21(39)23(41)22(40)17(11-33)44-16/h9,14-17,19-24,32-33,35-36,38-41H,2-8,10-11H2,1H3,(H,27,37)(H,28,34)(H,42,43)/t14-,15+,16+,17+,19+,20+,21-,22-,23+,24+,26+/m0/s1. The molecule has 0 aliphatic carbocycles. The minimum Gasteiger partial charge on any atom is -0.478 e. The molecule has 2 fully saturated rings. The van der Waals surface area contributed by atoms with E-state index in [0.717, 1.165) is 11.6 Å². The summed E-state index contributed by atoms with van der Waals surface area (Å²) < 4.78 is 12.0. The molecule has 3 rings (SSSR count). The van der Waals surface area contributed by atoms with Crippen LogP contribution in [0.3, 0.4) is 0 Å². The van der Waals surface area contributed by atoms with Gasteiger partial charge in [0, 0.05) is 26.3 Å². The molecule has 2 amide bonds. The van der Waals surface area contributed by atoms with Crippen LogP contribution in [0.2, 0.25) is 0 Å². The van der Waals surface area contributed by atoms with E-state index in [0.29, 0.717) is 18.5 Å². The summed E-state index contributed by atoms with van der Waals surface area (Å²) in [6.45, 7) is -0.221. The average Bonchev–Trinajstić information content (AvgIpc) is 3.48. The molecule has 2 aliphatic rings. The summed E-state index contributed by atoms with van der Waals surface area (Å²) in [6.07, 6.45) is -11.2. The predicted octanol–water partition coefficient (Wildman–Crippen LogP) is -5.55. The summed E-state index contributed by atoms with van der Waals surface area (Å²) in [7, 11) is 0. The summed E-state index contributed by atoms with van der Waals surface area (Å²) >= 11 is 0. The highest BCUT2D eigenvalue weighted by Crippen LogP contribution is 2.36. The van der Waals surface area contributed by atoms with E-state index in [4.69, 9.17) is 9.47 Å². The zero-order chi connectivity index (χ0) is 33.5. The van der Waals surface area contributed by atoms with E-state index in [9.17, 15) is 60.3 Å². The highest BCUT2D eigenvalue weighted by Gasteiger charge is 2.56. The zero-order valence-corrected chi connectivity index (χ0v) is 24.6. The van der Waals surface area contributed by atoms with Crippen molar-refractivity contribution >= 4 is 17.8 Å². The molecule has 19 heteroatoms. The number of nitrogens with zero attached hydrogens (tertiary/aromatic N) is 3. The molecule has 0 spiro atoms. The molecular formula is C26H43N5O14. The number of ether oxygens (including phenoxy) is 2. The molecule has 11 atom stereocenters. The van der Waals surface area contributed by atoms with E-state index in [2.05, 4.69) is 20.9 Å². The van der Waals surface area contributed by atoms with Crippen LogP contribution in [0.15, 0.2) is 6.20 Å². The van der Waals surface area contributed by atoms with Crippen molar-refractivity contribution in [2.24, 2.45) is 0 Å². The second-order valence-electron chi connectivity index (χ2n) is 11.3. The van der Waals surface area contributed by atoms with Crippen molar-refractivity contribution in [1.82, 2.24) is 25.6 Å². The number of aryl methyl sites for hydroxylation is 1. The zero-order valence-electron chi connectivity index (χ0n) is 24.6. The number of hydrogen-bond acceptors (Lipinski definition) is 15. The summed E-state index contributed by atoms with van der Waals surface area (Å²) in [5, 5.41) is 103. The van der Waals surface area contributed by atoms with Crippen LogP contribution in [0.25, 0.3) is 0 Å². The minimum absolute atomic E-state index is 0.104. The van der Waals surface area contributed by atoms with Gasteiger partial charge in [-0.3, -0.25) is 9.59 Å². The van der Waals surface area contributed by atoms with E-state index in [1.54, 1.807) is 0 Å². The third kappa shape index (κ3) is 8.70. The van der Waals surface area contributed by atoms with E-state index < -0.39 is 98.2 Å². The van der Waals surface area contributed by atoms with Crippen LogP contribution in [-0.2, 0) is 36.0 Å². The number of aliphatic hydroxyl groups is 8. The normalized spacial score (nSPS) is 33.3. The molecule has 3 heterocycles. The maximum Gasteiger partial charge on any atom is 0.359 e. The first kappa shape index (κ1) is 36.6. The topological polar surface area (TPSA) is 307 Å². The Morgan fingerprint density at radius 2 is 1.78 bits per heavy atom.